The number of nitrogens with one attached hydrogen (secondary N) is 1. The Morgan fingerprint density at radius 2 is 2.20 bits per heavy atom. The average Bonchev–Trinajstić information content (AvgIpc) is 2.17. The molecule has 2 rings (SSSR count). The molecule has 1 amide bonds. The van der Waals surface area contributed by atoms with Gasteiger partial charge in [0.25, 0.3) is 0 Å². The van der Waals surface area contributed by atoms with Crippen molar-refractivity contribution in [3.63, 3.8) is 0 Å². The van der Waals surface area contributed by atoms with Crippen LogP contribution in [0.1, 0.15) is 26.2 Å². The lowest BCUT2D eigenvalue weighted by molar-refractivity contribution is -0.0100. The quantitative estimate of drug-likeness (QED) is 0.540. The highest BCUT2D eigenvalue weighted by atomic mass is 16.4. The van der Waals surface area contributed by atoms with Crippen molar-refractivity contribution in [1.82, 2.24) is 10.2 Å². The first-order chi connectivity index (χ1) is 7.11. The Morgan fingerprint density at radius 3 is 2.87 bits per heavy atom. The second-order valence-electron chi connectivity index (χ2n) is 4.54. The largest absolute Gasteiger partial charge is 0.465 e. The molecule has 0 aromatic heterocycles. The standard InChI is InChI=1S/C10H18N2O3/c1-6-5-11-9-7(12(6)10(14)15)3-2-4-8(9)13/h6-9,11,13H,2-5H2,1H3,(H,14,15)/t6?,7-,8+,9-/m0/s1. The average molecular weight is 214 g/mol. The fraction of sp³-hybridized carbons (Fsp3) is 0.900. The van der Waals surface area contributed by atoms with Gasteiger partial charge in [-0.2, -0.15) is 0 Å². The van der Waals surface area contributed by atoms with Gasteiger partial charge in [0.1, 0.15) is 0 Å². The summed E-state index contributed by atoms with van der Waals surface area (Å²) in [7, 11) is 0. The third kappa shape index (κ3) is 1.81. The molecular weight excluding hydrogens is 196 g/mol. The highest BCUT2D eigenvalue weighted by Gasteiger charge is 2.42. The molecule has 1 saturated carbocycles. The predicted molar refractivity (Wildman–Crippen MR) is 54.8 cm³/mol. The summed E-state index contributed by atoms with van der Waals surface area (Å²) in [5.41, 5.74) is 0. The number of carbonyl (C=O) groups is 1. The minimum absolute atomic E-state index is 0.00551. The van der Waals surface area contributed by atoms with Gasteiger partial charge in [-0.3, -0.25) is 4.90 Å². The van der Waals surface area contributed by atoms with Crippen LogP contribution >= 0.6 is 0 Å². The molecule has 1 aliphatic carbocycles. The van der Waals surface area contributed by atoms with Crippen LogP contribution in [0.2, 0.25) is 0 Å². The molecule has 2 fully saturated rings. The van der Waals surface area contributed by atoms with Gasteiger partial charge < -0.3 is 15.5 Å². The number of aliphatic hydroxyl groups excluding tert-OH is 1. The summed E-state index contributed by atoms with van der Waals surface area (Å²) in [5, 5.41) is 22.2. The highest BCUT2D eigenvalue weighted by Crippen LogP contribution is 2.28. The molecule has 4 atom stereocenters. The van der Waals surface area contributed by atoms with E-state index >= 15 is 0 Å². The van der Waals surface area contributed by atoms with Crippen molar-refractivity contribution in [3.05, 3.63) is 0 Å². The first-order valence-electron chi connectivity index (χ1n) is 5.54. The van der Waals surface area contributed by atoms with E-state index in [9.17, 15) is 9.90 Å². The molecule has 1 heterocycles. The molecule has 3 N–H and O–H groups in total. The number of rotatable bonds is 0. The van der Waals surface area contributed by atoms with Gasteiger partial charge in [-0.05, 0) is 26.2 Å². The van der Waals surface area contributed by atoms with Gasteiger partial charge in [0, 0.05) is 12.6 Å². The second-order valence-corrected chi connectivity index (χ2v) is 4.54. The third-order valence-corrected chi connectivity index (χ3v) is 3.53. The van der Waals surface area contributed by atoms with E-state index in [2.05, 4.69) is 5.32 Å². The lowest BCUT2D eigenvalue weighted by Crippen LogP contribution is -2.67. The highest BCUT2D eigenvalue weighted by molar-refractivity contribution is 5.66. The van der Waals surface area contributed by atoms with Crippen molar-refractivity contribution in [1.29, 1.82) is 0 Å². The lowest BCUT2D eigenvalue weighted by atomic mass is 9.84. The SMILES string of the molecule is CC1CN[C@@H]2[C@H](O)CCC[C@@H]2N1C(=O)O. The van der Waals surface area contributed by atoms with E-state index in [1.165, 1.54) is 4.90 Å². The van der Waals surface area contributed by atoms with Gasteiger partial charge in [0.2, 0.25) is 0 Å². The van der Waals surface area contributed by atoms with Crippen LogP contribution in [-0.4, -0.2) is 52.0 Å². The van der Waals surface area contributed by atoms with Crippen LogP contribution in [0.3, 0.4) is 0 Å². The van der Waals surface area contributed by atoms with E-state index in [-0.39, 0.29) is 18.1 Å². The number of amides is 1. The summed E-state index contributed by atoms with van der Waals surface area (Å²) in [6.07, 6.45) is 1.26. The van der Waals surface area contributed by atoms with Gasteiger partial charge in [-0.15, -0.1) is 0 Å². The predicted octanol–water partition coefficient (Wildman–Crippen LogP) is 0.240. The summed E-state index contributed by atoms with van der Waals surface area (Å²) >= 11 is 0. The molecule has 5 nitrogen and oxygen atoms in total. The monoisotopic (exact) mass is 214 g/mol. The topological polar surface area (TPSA) is 72.8 Å². The van der Waals surface area contributed by atoms with Gasteiger partial charge in [-0.1, -0.05) is 0 Å². The summed E-state index contributed by atoms with van der Waals surface area (Å²) in [4.78, 5) is 12.6. The fourth-order valence-electron chi connectivity index (χ4n) is 2.80. The Hall–Kier alpha value is -0.810. The molecule has 2 aliphatic rings. The van der Waals surface area contributed by atoms with Crippen molar-refractivity contribution in [2.24, 2.45) is 0 Å². The van der Waals surface area contributed by atoms with Crippen LogP contribution in [0.4, 0.5) is 4.79 Å². The first kappa shape index (κ1) is 10.7. The van der Waals surface area contributed by atoms with E-state index in [0.717, 1.165) is 19.3 Å². The summed E-state index contributed by atoms with van der Waals surface area (Å²) < 4.78 is 0. The Kier molecular flexibility index (Phi) is 2.84. The molecule has 0 aromatic rings. The van der Waals surface area contributed by atoms with Crippen molar-refractivity contribution < 1.29 is 15.0 Å². The Labute approximate surface area is 89.1 Å². The van der Waals surface area contributed by atoms with Crippen LogP contribution in [0, 0.1) is 0 Å². The number of carboxylic acid groups (broad SMARTS) is 1. The molecule has 5 heteroatoms. The summed E-state index contributed by atoms with van der Waals surface area (Å²) in [5.74, 6) is 0. The maximum Gasteiger partial charge on any atom is 0.407 e. The first-order valence-corrected chi connectivity index (χ1v) is 5.54. The van der Waals surface area contributed by atoms with E-state index in [4.69, 9.17) is 5.11 Å². The maximum absolute atomic E-state index is 11.1. The molecule has 1 aliphatic heterocycles. The number of nitrogens with zero attached hydrogens (tertiary/aromatic N) is 1. The number of hydrogen-bond acceptors (Lipinski definition) is 3. The lowest BCUT2D eigenvalue weighted by Gasteiger charge is -2.48. The number of fused-ring (bicyclic) bond motifs is 1. The fourth-order valence-corrected chi connectivity index (χ4v) is 2.80. The zero-order chi connectivity index (χ0) is 11.0. The Balaban J connectivity index is 2.17. The second kappa shape index (κ2) is 3.98. The molecule has 86 valence electrons. The molecule has 0 radical (unpaired) electrons. The smallest absolute Gasteiger partial charge is 0.407 e. The van der Waals surface area contributed by atoms with Crippen molar-refractivity contribution in [3.8, 4) is 0 Å². The minimum atomic E-state index is -0.867. The van der Waals surface area contributed by atoms with Gasteiger partial charge >= 0.3 is 6.09 Å². The zero-order valence-electron chi connectivity index (χ0n) is 8.89. The van der Waals surface area contributed by atoms with Crippen molar-refractivity contribution in [2.75, 3.05) is 6.54 Å². The zero-order valence-corrected chi connectivity index (χ0v) is 8.89. The Morgan fingerprint density at radius 1 is 1.47 bits per heavy atom. The van der Waals surface area contributed by atoms with Gasteiger partial charge in [-0.25, -0.2) is 4.79 Å². The summed E-state index contributed by atoms with van der Waals surface area (Å²) in [6.45, 7) is 2.53. The molecule has 15 heavy (non-hydrogen) atoms. The van der Waals surface area contributed by atoms with Crippen molar-refractivity contribution in [2.45, 2.75) is 50.4 Å². The third-order valence-electron chi connectivity index (χ3n) is 3.53. The van der Waals surface area contributed by atoms with Crippen LogP contribution in [-0.2, 0) is 0 Å². The molecule has 1 saturated heterocycles. The van der Waals surface area contributed by atoms with Crippen molar-refractivity contribution >= 4 is 6.09 Å². The summed E-state index contributed by atoms with van der Waals surface area (Å²) in [6, 6.07) is -0.143. The number of hydrogen-bond donors (Lipinski definition) is 3. The van der Waals surface area contributed by atoms with Gasteiger partial charge in [0.15, 0.2) is 0 Å². The minimum Gasteiger partial charge on any atom is -0.465 e. The normalized spacial score (nSPS) is 41.1. The van der Waals surface area contributed by atoms with E-state index in [1.807, 2.05) is 6.92 Å². The van der Waals surface area contributed by atoms with E-state index in [1.54, 1.807) is 0 Å². The van der Waals surface area contributed by atoms with Crippen LogP contribution in [0.15, 0.2) is 0 Å². The number of piperazine rings is 1. The Bertz CT molecular complexity index is 259. The van der Waals surface area contributed by atoms with Gasteiger partial charge in [0.05, 0.1) is 18.2 Å². The van der Waals surface area contributed by atoms with Crippen LogP contribution < -0.4 is 5.32 Å². The number of aliphatic hydroxyl groups is 1. The van der Waals surface area contributed by atoms with E-state index in [0.29, 0.717) is 6.54 Å². The van der Waals surface area contributed by atoms with E-state index < -0.39 is 12.2 Å². The molecule has 0 aromatic carbocycles. The van der Waals surface area contributed by atoms with Crippen LogP contribution in [0.25, 0.3) is 0 Å². The molecule has 1 unspecified atom stereocenters. The molecule has 0 bridgehead atoms. The maximum atomic E-state index is 11.1. The van der Waals surface area contributed by atoms with Crippen LogP contribution in [0.5, 0.6) is 0 Å². The molecule has 0 spiro atoms. The molecular formula is C10H18N2O3.